The van der Waals surface area contributed by atoms with Gasteiger partial charge in [-0.25, -0.2) is 0 Å². The summed E-state index contributed by atoms with van der Waals surface area (Å²) < 4.78 is 0. The Hall–Kier alpha value is -1.85. The van der Waals surface area contributed by atoms with E-state index in [0.29, 0.717) is 19.5 Å². The molecule has 6 heteroatoms. The van der Waals surface area contributed by atoms with Crippen molar-refractivity contribution in [1.82, 2.24) is 15.1 Å². The molecular formula is C15H23N3O3. The third-order valence-corrected chi connectivity index (χ3v) is 4.79. The number of aliphatic carboxylic acids is 1. The predicted octanol–water partition coefficient (Wildman–Crippen LogP) is 1.53. The highest BCUT2D eigenvalue weighted by Gasteiger charge is 2.48. The van der Waals surface area contributed by atoms with Crippen LogP contribution in [0.15, 0.2) is 0 Å². The molecule has 0 radical (unpaired) electrons. The van der Waals surface area contributed by atoms with Gasteiger partial charge in [0, 0.05) is 24.3 Å². The molecule has 0 bridgehead atoms. The summed E-state index contributed by atoms with van der Waals surface area (Å²) in [5, 5.41) is 16.5. The summed E-state index contributed by atoms with van der Waals surface area (Å²) in [7, 11) is 0. The number of carboxylic acids is 1. The number of carboxylic acid groups (broad SMARTS) is 1. The van der Waals surface area contributed by atoms with Crippen molar-refractivity contribution in [2.45, 2.75) is 40.5 Å². The average molecular weight is 293 g/mol. The van der Waals surface area contributed by atoms with Crippen molar-refractivity contribution in [2.24, 2.45) is 11.3 Å². The molecule has 2 N–H and O–H groups in total. The topological polar surface area (TPSA) is 86.3 Å². The minimum absolute atomic E-state index is 0.00481. The summed E-state index contributed by atoms with van der Waals surface area (Å²) in [6, 6.07) is 0. The number of nitrogens with one attached hydrogen (secondary N) is 1. The Morgan fingerprint density at radius 3 is 2.52 bits per heavy atom. The zero-order valence-corrected chi connectivity index (χ0v) is 13.1. The van der Waals surface area contributed by atoms with E-state index < -0.39 is 11.4 Å². The smallest absolute Gasteiger partial charge is 0.311 e. The predicted molar refractivity (Wildman–Crippen MR) is 77.9 cm³/mol. The van der Waals surface area contributed by atoms with Crippen LogP contribution in [0, 0.1) is 25.2 Å². The number of nitrogens with zero attached hydrogens (tertiary/aromatic N) is 2. The van der Waals surface area contributed by atoms with Crippen LogP contribution in [-0.4, -0.2) is 45.2 Å². The standard InChI is InChI=1S/C15H23N3O3/c1-9(2)15(14(20)21)5-6-18(8-15)13(19)7-12-10(3)16-17-11(12)4/h9H,5-8H2,1-4H3,(H,16,17)(H,20,21). The molecule has 1 unspecified atom stereocenters. The zero-order valence-electron chi connectivity index (χ0n) is 13.1. The van der Waals surface area contributed by atoms with E-state index in [4.69, 9.17) is 0 Å². The van der Waals surface area contributed by atoms with Gasteiger partial charge in [0.15, 0.2) is 0 Å². The van der Waals surface area contributed by atoms with E-state index in [9.17, 15) is 14.7 Å². The number of aromatic amines is 1. The van der Waals surface area contributed by atoms with Crippen LogP contribution >= 0.6 is 0 Å². The van der Waals surface area contributed by atoms with Crippen molar-refractivity contribution in [3.05, 3.63) is 17.0 Å². The van der Waals surface area contributed by atoms with Crippen molar-refractivity contribution in [1.29, 1.82) is 0 Å². The number of hydrogen-bond acceptors (Lipinski definition) is 3. The molecule has 1 aliphatic heterocycles. The van der Waals surface area contributed by atoms with E-state index in [1.807, 2.05) is 27.7 Å². The number of carbonyl (C=O) groups excluding carboxylic acids is 1. The lowest BCUT2D eigenvalue weighted by Crippen LogP contribution is -2.41. The van der Waals surface area contributed by atoms with Crippen LogP contribution < -0.4 is 0 Å². The third kappa shape index (κ3) is 2.66. The van der Waals surface area contributed by atoms with E-state index in [2.05, 4.69) is 10.2 Å². The van der Waals surface area contributed by atoms with Crippen molar-refractivity contribution >= 4 is 11.9 Å². The van der Waals surface area contributed by atoms with E-state index >= 15 is 0 Å². The first-order valence-corrected chi connectivity index (χ1v) is 7.29. The van der Waals surface area contributed by atoms with Gasteiger partial charge < -0.3 is 10.0 Å². The highest BCUT2D eigenvalue weighted by atomic mass is 16.4. The molecule has 1 atom stereocenters. The van der Waals surface area contributed by atoms with E-state index in [1.165, 1.54) is 0 Å². The highest BCUT2D eigenvalue weighted by Crippen LogP contribution is 2.38. The molecule has 6 nitrogen and oxygen atoms in total. The number of aryl methyl sites for hydroxylation is 2. The van der Waals surface area contributed by atoms with Crippen molar-refractivity contribution in [2.75, 3.05) is 13.1 Å². The van der Waals surface area contributed by atoms with Crippen molar-refractivity contribution < 1.29 is 14.7 Å². The van der Waals surface area contributed by atoms with Crippen LogP contribution in [0.4, 0.5) is 0 Å². The van der Waals surface area contributed by atoms with Crippen LogP contribution in [0.5, 0.6) is 0 Å². The molecule has 1 amide bonds. The second-order valence-electron chi connectivity index (χ2n) is 6.27. The van der Waals surface area contributed by atoms with Crippen LogP contribution in [0.2, 0.25) is 0 Å². The lowest BCUT2D eigenvalue weighted by Gasteiger charge is -2.28. The molecule has 0 spiro atoms. The molecule has 1 aromatic rings. The molecule has 0 saturated carbocycles. The molecule has 1 saturated heterocycles. The summed E-state index contributed by atoms with van der Waals surface area (Å²) in [6.45, 7) is 8.39. The van der Waals surface area contributed by atoms with Crippen LogP contribution in [0.25, 0.3) is 0 Å². The van der Waals surface area contributed by atoms with E-state index in [1.54, 1.807) is 4.90 Å². The minimum atomic E-state index is -0.809. The van der Waals surface area contributed by atoms with Gasteiger partial charge in [-0.15, -0.1) is 0 Å². The van der Waals surface area contributed by atoms with Gasteiger partial charge in [-0.3, -0.25) is 14.7 Å². The van der Waals surface area contributed by atoms with Crippen molar-refractivity contribution in [3.8, 4) is 0 Å². The summed E-state index contributed by atoms with van der Waals surface area (Å²) in [4.78, 5) is 25.7. The average Bonchev–Trinajstić information content (AvgIpc) is 2.98. The molecular weight excluding hydrogens is 270 g/mol. The molecule has 2 heterocycles. The molecule has 1 aliphatic rings. The van der Waals surface area contributed by atoms with Gasteiger partial charge in [0.25, 0.3) is 0 Å². The summed E-state index contributed by atoms with van der Waals surface area (Å²) in [5.74, 6) is -0.819. The SMILES string of the molecule is Cc1n[nH]c(C)c1CC(=O)N1CCC(C(=O)O)(C(C)C)C1. The Morgan fingerprint density at radius 1 is 1.43 bits per heavy atom. The maximum absolute atomic E-state index is 12.4. The fourth-order valence-corrected chi connectivity index (χ4v) is 3.04. The van der Waals surface area contributed by atoms with Gasteiger partial charge >= 0.3 is 5.97 Å². The molecule has 21 heavy (non-hydrogen) atoms. The lowest BCUT2D eigenvalue weighted by molar-refractivity contribution is -0.151. The quantitative estimate of drug-likeness (QED) is 0.881. The van der Waals surface area contributed by atoms with E-state index in [0.717, 1.165) is 17.0 Å². The summed E-state index contributed by atoms with van der Waals surface area (Å²) in [5.41, 5.74) is 1.83. The zero-order chi connectivity index (χ0) is 15.8. The van der Waals surface area contributed by atoms with Gasteiger partial charge in [-0.05, 0) is 26.2 Å². The largest absolute Gasteiger partial charge is 0.481 e. The number of hydrogen-bond donors (Lipinski definition) is 2. The Morgan fingerprint density at radius 2 is 2.10 bits per heavy atom. The number of aromatic nitrogens is 2. The van der Waals surface area contributed by atoms with E-state index in [-0.39, 0.29) is 18.2 Å². The second kappa shape index (κ2) is 5.50. The summed E-state index contributed by atoms with van der Waals surface area (Å²) >= 11 is 0. The van der Waals surface area contributed by atoms with Crippen LogP contribution in [-0.2, 0) is 16.0 Å². The summed E-state index contributed by atoms with van der Waals surface area (Å²) in [6.07, 6.45) is 0.803. The first-order chi connectivity index (χ1) is 9.78. The molecule has 1 fully saturated rings. The molecule has 0 aliphatic carbocycles. The Bertz CT molecular complexity index is 545. The molecule has 2 rings (SSSR count). The molecule has 0 aromatic carbocycles. The Kier molecular flexibility index (Phi) is 4.07. The van der Waals surface area contributed by atoms with Gasteiger partial charge in [0.2, 0.25) is 5.91 Å². The van der Waals surface area contributed by atoms with Crippen molar-refractivity contribution in [3.63, 3.8) is 0 Å². The second-order valence-corrected chi connectivity index (χ2v) is 6.27. The normalized spacial score (nSPS) is 22.0. The number of carbonyl (C=O) groups is 2. The fraction of sp³-hybridized carbons (Fsp3) is 0.667. The number of likely N-dealkylation sites (tertiary alicyclic amines) is 1. The maximum Gasteiger partial charge on any atom is 0.311 e. The fourth-order valence-electron chi connectivity index (χ4n) is 3.04. The maximum atomic E-state index is 12.4. The number of rotatable bonds is 4. The molecule has 116 valence electrons. The first kappa shape index (κ1) is 15.5. The Labute approximate surface area is 124 Å². The third-order valence-electron chi connectivity index (χ3n) is 4.79. The molecule has 1 aromatic heterocycles. The van der Waals surface area contributed by atoms with Crippen LogP contribution in [0.3, 0.4) is 0 Å². The van der Waals surface area contributed by atoms with Gasteiger partial charge in [0.1, 0.15) is 0 Å². The Balaban J connectivity index is 2.11. The monoisotopic (exact) mass is 293 g/mol. The first-order valence-electron chi connectivity index (χ1n) is 7.29. The van der Waals surface area contributed by atoms with Gasteiger partial charge in [-0.2, -0.15) is 5.10 Å². The number of amides is 1. The minimum Gasteiger partial charge on any atom is -0.481 e. The van der Waals surface area contributed by atoms with Gasteiger partial charge in [0.05, 0.1) is 17.5 Å². The van der Waals surface area contributed by atoms with Gasteiger partial charge in [-0.1, -0.05) is 13.8 Å². The lowest BCUT2D eigenvalue weighted by atomic mass is 9.76. The number of H-pyrrole nitrogens is 1. The highest BCUT2D eigenvalue weighted by molar-refractivity contribution is 5.82. The van der Waals surface area contributed by atoms with Crippen LogP contribution in [0.1, 0.15) is 37.2 Å².